The molecule has 0 aromatic carbocycles. The molecule has 8 nitrogen and oxygen atoms in total. The minimum Gasteiger partial charge on any atom is -0.366 e. The van der Waals surface area contributed by atoms with E-state index in [0.29, 0.717) is 38.5 Å². The molecule has 1 fully saturated rings. The van der Waals surface area contributed by atoms with Crippen molar-refractivity contribution in [3.63, 3.8) is 0 Å². The van der Waals surface area contributed by atoms with Crippen molar-refractivity contribution in [1.82, 2.24) is 29.6 Å². The number of hydrogen-bond acceptors (Lipinski definition) is 5. The van der Waals surface area contributed by atoms with Crippen molar-refractivity contribution >= 4 is 5.91 Å². The first-order valence-corrected chi connectivity index (χ1v) is 6.96. The lowest BCUT2D eigenvalue weighted by Crippen LogP contribution is -2.42. The number of morpholine rings is 1. The van der Waals surface area contributed by atoms with E-state index >= 15 is 0 Å². The molecule has 3 heterocycles. The molecule has 1 aliphatic heterocycles. The molecular weight excluding hydrogens is 272 g/mol. The van der Waals surface area contributed by atoms with Gasteiger partial charge in [-0.15, -0.1) is 0 Å². The maximum Gasteiger partial charge on any atom is 0.224 e. The highest BCUT2D eigenvalue weighted by Crippen LogP contribution is 2.19. The van der Waals surface area contributed by atoms with Crippen LogP contribution in [0, 0.1) is 6.92 Å². The Morgan fingerprint density at radius 2 is 2.48 bits per heavy atom. The molecule has 0 spiro atoms. The summed E-state index contributed by atoms with van der Waals surface area (Å²) < 4.78 is 7.55. The van der Waals surface area contributed by atoms with Gasteiger partial charge in [0.15, 0.2) is 5.82 Å². The zero-order chi connectivity index (χ0) is 14.7. The van der Waals surface area contributed by atoms with Crippen LogP contribution in [0.3, 0.4) is 0 Å². The molecule has 0 saturated carbocycles. The minimum atomic E-state index is -0.249. The van der Waals surface area contributed by atoms with Crippen LogP contribution in [0.15, 0.2) is 18.7 Å². The van der Waals surface area contributed by atoms with Crippen molar-refractivity contribution in [2.75, 3.05) is 19.7 Å². The van der Waals surface area contributed by atoms with Gasteiger partial charge in [0.05, 0.1) is 19.5 Å². The third kappa shape index (κ3) is 3.27. The zero-order valence-electron chi connectivity index (χ0n) is 11.9. The van der Waals surface area contributed by atoms with Crippen LogP contribution < -0.4 is 0 Å². The predicted molar refractivity (Wildman–Crippen MR) is 73.2 cm³/mol. The number of hydrogen-bond donors (Lipinski definition) is 1. The van der Waals surface area contributed by atoms with Crippen molar-refractivity contribution in [2.24, 2.45) is 0 Å². The predicted octanol–water partition coefficient (Wildman–Crippen LogP) is 0.300. The van der Waals surface area contributed by atoms with Crippen LogP contribution in [-0.4, -0.2) is 55.2 Å². The first-order valence-electron chi connectivity index (χ1n) is 6.96. The fourth-order valence-corrected chi connectivity index (χ4v) is 2.34. The molecule has 2 aromatic rings. The molecule has 1 N–H and O–H groups in total. The second-order valence-corrected chi connectivity index (χ2v) is 5.03. The third-order valence-electron chi connectivity index (χ3n) is 3.46. The van der Waals surface area contributed by atoms with E-state index in [9.17, 15) is 4.79 Å². The average molecular weight is 290 g/mol. The standard InChI is InChI=1S/C13H18N6O2/c1-10-15-13(17-16-10)11-8-19(6-7-21-11)12(20)2-4-18-5-3-14-9-18/h3,5,9,11H,2,4,6-8H2,1H3,(H,15,16,17)/t11-/m1/s1. The molecule has 3 rings (SSSR count). The average Bonchev–Trinajstić information content (AvgIpc) is 3.16. The molecule has 0 radical (unpaired) electrons. The molecule has 1 atom stereocenters. The second-order valence-electron chi connectivity index (χ2n) is 5.03. The van der Waals surface area contributed by atoms with Crippen LogP contribution in [0.2, 0.25) is 0 Å². The molecule has 0 unspecified atom stereocenters. The van der Waals surface area contributed by atoms with Crippen LogP contribution in [0.4, 0.5) is 0 Å². The Morgan fingerprint density at radius 3 is 3.19 bits per heavy atom. The lowest BCUT2D eigenvalue weighted by molar-refractivity contribution is -0.139. The number of H-pyrrole nitrogens is 1. The van der Waals surface area contributed by atoms with Crippen LogP contribution in [0.1, 0.15) is 24.2 Å². The van der Waals surface area contributed by atoms with E-state index in [0.717, 1.165) is 5.82 Å². The minimum absolute atomic E-state index is 0.115. The lowest BCUT2D eigenvalue weighted by atomic mass is 10.2. The molecule has 0 aliphatic carbocycles. The van der Waals surface area contributed by atoms with Gasteiger partial charge in [0, 0.05) is 31.9 Å². The topological polar surface area (TPSA) is 88.9 Å². The Bertz CT molecular complexity index is 594. The summed E-state index contributed by atoms with van der Waals surface area (Å²) >= 11 is 0. The Balaban J connectivity index is 1.56. The summed E-state index contributed by atoms with van der Waals surface area (Å²) in [5, 5.41) is 6.91. The van der Waals surface area contributed by atoms with Gasteiger partial charge in [0.1, 0.15) is 11.9 Å². The van der Waals surface area contributed by atoms with Gasteiger partial charge < -0.3 is 14.2 Å². The van der Waals surface area contributed by atoms with Gasteiger partial charge in [-0.25, -0.2) is 9.97 Å². The molecule has 1 aliphatic rings. The lowest BCUT2D eigenvalue weighted by Gasteiger charge is -2.31. The molecule has 1 saturated heterocycles. The van der Waals surface area contributed by atoms with E-state index in [2.05, 4.69) is 20.2 Å². The third-order valence-corrected chi connectivity index (χ3v) is 3.46. The highest BCUT2D eigenvalue weighted by atomic mass is 16.5. The number of amides is 1. The number of ether oxygens (including phenoxy) is 1. The first-order chi connectivity index (χ1) is 10.2. The van der Waals surface area contributed by atoms with Gasteiger partial charge in [-0.3, -0.25) is 9.89 Å². The van der Waals surface area contributed by atoms with Crippen molar-refractivity contribution in [3.8, 4) is 0 Å². The summed E-state index contributed by atoms with van der Waals surface area (Å²) in [5.74, 6) is 1.47. The van der Waals surface area contributed by atoms with Gasteiger partial charge in [-0.2, -0.15) is 5.10 Å². The molecule has 112 valence electrons. The zero-order valence-corrected chi connectivity index (χ0v) is 11.9. The number of carbonyl (C=O) groups excluding carboxylic acids is 1. The molecule has 1 amide bonds. The normalized spacial score (nSPS) is 18.9. The van der Waals surface area contributed by atoms with Gasteiger partial charge in [-0.1, -0.05) is 0 Å². The Kier molecular flexibility index (Phi) is 3.96. The smallest absolute Gasteiger partial charge is 0.224 e. The highest BCUT2D eigenvalue weighted by molar-refractivity contribution is 5.76. The largest absolute Gasteiger partial charge is 0.366 e. The molecule has 0 bridgehead atoms. The number of aryl methyl sites for hydroxylation is 2. The number of nitrogens with one attached hydrogen (secondary N) is 1. The number of aromatic nitrogens is 5. The Hall–Kier alpha value is -2.22. The fourth-order valence-electron chi connectivity index (χ4n) is 2.34. The molecule has 21 heavy (non-hydrogen) atoms. The van der Waals surface area contributed by atoms with E-state index < -0.39 is 0 Å². The Morgan fingerprint density at radius 1 is 1.57 bits per heavy atom. The summed E-state index contributed by atoms with van der Waals surface area (Å²) in [7, 11) is 0. The second kappa shape index (κ2) is 6.04. The number of carbonyl (C=O) groups is 1. The van der Waals surface area contributed by atoms with Crippen LogP contribution in [0.5, 0.6) is 0 Å². The molecular formula is C13H18N6O2. The number of aromatic amines is 1. The number of imidazole rings is 1. The summed E-state index contributed by atoms with van der Waals surface area (Å²) in [6, 6.07) is 0. The summed E-state index contributed by atoms with van der Waals surface area (Å²) in [6.07, 6.45) is 5.48. The quantitative estimate of drug-likeness (QED) is 0.875. The number of rotatable bonds is 4. The summed E-state index contributed by atoms with van der Waals surface area (Å²) in [6.45, 7) is 4.10. The van der Waals surface area contributed by atoms with E-state index in [1.807, 2.05) is 22.6 Å². The first kappa shape index (κ1) is 13.7. The van der Waals surface area contributed by atoms with E-state index in [1.54, 1.807) is 12.5 Å². The van der Waals surface area contributed by atoms with Gasteiger partial charge in [0.25, 0.3) is 0 Å². The van der Waals surface area contributed by atoms with E-state index in [1.165, 1.54) is 0 Å². The van der Waals surface area contributed by atoms with Crippen LogP contribution in [-0.2, 0) is 16.1 Å². The maximum absolute atomic E-state index is 12.3. The Labute approximate surface area is 122 Å². The summed E-state index contributed by atoms with van der Waals surface area (Å²) in [4.78, 5) is 22.3. The van der Waals surface area contributed by atoms with Crippen molar-refractivity contribution in [1.29, 1.82) is 0 Å². The molecule has 2 aromatic heterocycles. The molecule has 8 heteroatoms. The SMILES string of the molecule is Cc1nc([C@H]2CN(C(=O)CCn3ccnc3)CCO2)n[nH]1. The van der Waals surface area contributed by atoms with Gasteiger partial charge >= 0.3 is 0 Å². The van der Waals surface area contributed by atoms with Crippen molar-refractivity contribution < 1.29 is 9.53 Å². The number of nitrogens with zero attached hydrogens (tertiary/aromatic N) is 5. The van der Waals surface area contributed by atoms with Gasteiger partial charge in [-0.05, 0) is 6.92 Å². The monoisotopic (exact) mass is 290 g/mol. The maximum atomic E-state index is 12.3. The van der Waals surface area contributed by atoms with Crippen molar-refractivity contribution in [2.45, 2.75) is 26.0 Å². The fraction of sp³-hybridized carbons (Fsp3) is 0.538. The van der Waals surface area contributed by atoms with E-state index in [4.69, 9.17) is 4.74 Å². The van der Waals surface area contributed by atoms with Crippen LogP contribution in [0.25, 0.3) is 0 Å². The highest BCUT2D eigenvalue weighted by Gasteiger charge is 2.27. The van der Waals surface area contributed by atoms with Crippen molar-refractivity contribution in [3.05, 3.63) is 30.4 Å². The van der Waals surface area contributed by atoms with Crippen LogP contribution >= 0.6 is 0 Å². The van der Waals surface area contributed by atoms with Gasteiger partial charge in [0.2, 0.25) is 5.91 Å². The summed E-state index contributed by atoms with van der Waals surface area (Å²) in [5.41, 5.74) is 0. The van der Waals surface area contributed by atoms with E-state index in [-0.39, 0.29) is 12.0 Å².